The van der Waals surface area contributed by atoms with Crippen LogP contribution in [0.1, 0.15) is 51.2 Å². The Bertz CT molecular complexity index is 366. The van der Waals surface area contributed by atoms with Crippen LogP contribution in [0.25, 0.3) is 0 Å². The van der Waals surface area contributed by atoms with Crippen LogP contribution in [0.15, 0.2) is 18.2 Å². The summed E-state index contributed by atoms with van der Waals surface area (Å²) in [6, 6.07) is 5.46. The Labute approximate surface area is 115 Å². The van der Waals surface area contributed by atoms with Crippen LogP contribution in [-0.2, 0) is 0 Å². The summed E-state index contributed by atoms with van der Waals surface area (Å²) in [4.78, 5) is 0. The molecule has 2 nitrogen and oxygen atoms in total. The highest BCUT2D eigenvalue weighted by atomic mass is 35.5. The van der Waals surface area contributed by atoms with Crippen molar-refractivity contribution in [1.82, 2.24) is 0 Å². The van der Waals surface area contributed by atoms with Crippen molar-refractivity contribution in [3.05, 3.63) is 28.8 Å². The first-order valence-corrected chi connectivity index (χ1v) is 7.03. The third-order valence-corrected chi connectivity index (χ3v) is 3.75. The molecule has 0 aromatic heterocycles. The minimum atomic E-state index is -0.486. The maximum absolute atomic E-state index is 10.4. The number of rotatable bonds is 7. The van der Waals surface area contributed by atoms with E-state index in [1.165, 1.54) is 0 Å². The minimum absolute atomic E-state index is 0.274. The van der Waals surface area contributed by atoms with Crippen LogP contribution < -0.4 is 4.74 Å². The summed E-state index contributed by atoms with van der Waals surface area (Å²) in [5.41, 5.74) is 0.806. The number of hydrogen-bond acceptors (Lipinski definition) is 2. The highest BCUT2D eigenvalue weighted by Gasteiger charge is 2.21. The van der Waals surface area contributed by atoms with Crippen molar-refractivity contribution in [3.8, 4) is 5.75 Å². The average molecular weight is 271 g/mol. The number of aliphatic hydroxyl groups is 1. The summed E-state index contributed by atoms with van der Waals surface area (Å²) in [6.07, 6.45) is 3.81. The van der Waals surface area contributed by atoms with Crippen molar-refractivity contribution >= 4 is 11.6 Å². The van der Waals surface area contributed by atoms with Crippen molar-refractivity contribution < 1.29 is 9.84 Å². The Morgan fingerprint density at radius 1 is 1.33 bits per heavy atom. The molecule has 102 valence electrons. The monoisotopic (exact) mass is 270 g/mol. The Morgan fingerprint density at radius 3 is 2.56 bits per heavy atom. The van der Waals surface area contributed by atoms with E-state index in [2.05, 4.69) is 13.8 Å². The maximum atomic E-state index is 10.4. The second-order valence-corrected chi connectivity index (χ2v) is 5.05. The number of hydrogen-bond donors (Lipinski definition) is 1. The van der Waals surface area contributed by atoms with Gasteiger partial charge in [0.1, 0.15) is 5.75 Å². The molecule has 18 heavy (non-hydrogen) atoms. The Balaban J connectivity index is 2.83. The van der Waals surface area contributed by atoms with Crippen molar-refractivity contribution in [2.75, 3.05) is 7.11 Å². The van der Waals surface area contributed by atoms with Crippen LogP contribution in [0.4, 0.5) is 0 Å². The highest BCUT2D eigenvalue weighted by Crippen LogP contribution is 2.34. The van der Waals surface area contributed by atoms with Gasteiger partial charge in [0, 0.05) is 0 Å². The molecule has 0 bridgehead atoms. The zero-order valence-electron chi connectivity index (χ0n) is 11.4. The van der Waals surface area contributed by atoms with E-state index in [0.29, 0.717) is 5.02 Å². The third kappa shape index (κ3) is 3.89. The van der Waals surface area contributed by atoms with Crippen LogP contribution in [0, 0.1) is 5.92 Å². The maximum Gasteiger partial charge on any atom is 0.120 e. The molecule has 0 saturated heterocycles. The van der Waals surface area contributed by atoms with E-state index in [9.17, 15) is 5.11 Å². The van der Waals surface area contributed by atoms with Gasteiger partial charge in [-0.2, -0.15) is 0 Å². The lowest BCUT2D eigenvalue weighted by molar-refractivity contribution is 0.0990. The van der Waals surface area contributed by atoms with Gasteiger partial charge in [-0.1, -0.05) is 50.8 Å². The van der Waals surface area contributed by atoms with E-state index in [1.807, 2.05) is 12.1 Å². The van der Waals surface area contributed by atoms with Crippen LogP contribution in [0.3, 0.4) is 0 Å². The highest BCUT2D eigenvalue weighted by molar-refractivity contribution is 6.31. The van der Waals surface area contributed by atoms with Crippen molar-refractivity contribution in [3.63, 3.8) is 0 Å². The third-order valence-electron chi connectivity index (χ3n) is 3.43. The molecule has 0 spiro atoms. The van der Waals surface area contributed by atoms with Crippen LogP contribution in [-0.4, -0.2) is 12.2 Å². The molecule has 3 heteroatoms. The van der Waals surface area contributed by atoms with Gasteiger partial charge in [0.25, 0.3) is 0 Å². The number of unbranched alkanes of at least 4 members (excludes halogenated alkanes) is 1. The second kappa shape index (κ2) is 7.65. The van der Waals surface area contributed by atoms with Gasteiger partial charge in [0.2, 0.25) is 0 Å². The molecule has 0 heterocycles. The predicted molar refractivity (Wildman–Crippen MR) is 76.3 cm³/mol. The zero-order valence-corrected chi connectivity index (χ0v) is 12.2. The number of benzene rings is 1. The summed E-state index contributed by atoms with van der Waals surface area (Å²) in [5.74, 6) is 0.994. The Hall–Kier alpha value is -0.730. The lowest BCUT2D eigenvalue weighted by atomic mass is 9.89. The molecule has 0 aliphatic rings. The Morgan fingerprint density at radius 2 is 2.06 bits per heavy atom. The SMILES string of the molecule is CCCCC(CC)C(O)c1ccc(OC)cc1Cl. The fraction of sp³-hybridized carbons (Fsp3) is 0.600. The molecule has 0 aliphatic heterocycles. The van der Waals surface area contributed by atoms with Gasteiger partial charge in [-0.05, 0) is 30.0 Å². The average Bonchev–Trinajstić information content (AvgIpc) is 2.39. The number of halogens is 1. The normalized spacial score (nSPS) is 14.3. The van der Waals surface area contributed by atoms with E-state index in [4.69, 9.17) is 16.3 Å². The largest absolute Gasteiger partial charge is 0.497 e. The summed E-state index contributed by atoms with van der Waals surface area (Å²) in [5, 5.41) is 11.0. The molecule has 0 radical (unpaired) electrons. The topological polar surface area (TPSA) is 29.5 Å². The quantitative estimate of drug-likeness (QED) is 0.785. The summed E-state index contributed by atoms with van der Waals surface area (Å²) in [7, 11) is 1.61. The molecule has 1 aromatic carbocycles. The summed E-state index contributed by atoms with van der Waals surface area (Å²) in [6.45, 7) is 4.28. The first-order valence-electron chi connectivity index (χ1n) is 6.65. The van der Waals surface area contributed by atoms with Gasteiger partial charge < -0.3 is 9.84 Å². The first-order chi connectivity index (χ1) is 8.63. The van der Waals surface area contributed by atoms with E-state index in [0.717, 1.165) is 37.0 Å². The van der Waals surface area contributed by atoms with Gasteiger partial charge in [-0.25, -0.2) is 0 Å². The first kappa shape index (κ1) is 15.3. The summed E-state index contributed by atoms with van der Waals surface area (Å²) >= 11 is 6.20. The van der Waals surface area contributed by atoms with Crippen LogP contribution in [0.2, 0.25) is 5.02 Å². The molecule has 2 unspecified atom stereocenters. The predicted octanol–water partition coefficient (Wildman–Crippen LogP) is 4.60. The number of aliphatic hydroxyl groups excluding tert-OH is 1. The van der Waals surface area contributed by atoms with Gasteiger partial charge in [-0.3, -0.25) is 0 Å². The zero-order chi connectivity index (χ0) is 13.5. The molecule has 1 rings (SSSR count). The van der Waals surface area contributed by atoms with E-state index in [1.54, 1.807) is 13.2 Å². The van der Waals surface area contributed by atoms with Gasteiger partial charge in [0.05, 0.1) is 18.2 Å². The lowest BCUT2D eigenvalue weighted by Gasteiger charge is -2.23. The van der Waals surface area contributed by atoms with E-state index in [-0.39, 0.29) is 5.92 Å². The second-order valence-electron chi connectivity index (χ2n) is 4.64. The van der Waals surface area contributed by atoms with Crippen molar-refractivity contribution in [2.45, 2.75) is 45.6 Å². The fourth-order valence-electron chi connectivity index (χ4n) is 2.18. The molecule has 0 saturated carbocycles. The molecular formula is C15H23ClO2. The van der Waals surface area contributed by atoms with Crippen molar-refractivity contribution in [2.24, 2.45) is 5.92 Å². The molecule has 0 aliphatic carbocycles. The van der Waals surface area contributed by atoms with Gasteiger partial charge >= 0.3 is 0 Å². The lowest BCUT2D eigenvalue weighted by Crippen LogP contribution is -2.12. The molecule has 2 atom stereocenters. The molecule has 0 amide bonds. The fourth-order valence-corrected chi connectivity index (χ4v) is 2.46. The summed E-state index contributed by atoms with van der Waals surface area (Å²) < 4.78 is 5.12. The van der Waals surface area contributed by atoms with Crippen LogP contribution in [0.5, 0.6) is 5.75 Å². The van der Waals surface area contributed by atoms with Crippen LogP contribution >= 0.6 is 11.6 Å². The molecule has 1 aromatic rings. The van der Waals surface area contributed by atoms with Crippen molar-refractivity contribution in [1.29, 1.82) is 0 Å². The number of ether oxygens (including phenoxy) is 1. The van der Waals surface area contributed by atoms with Gasteiger partial charge in [0.15, 0.2) is 0 Å². The molecule has 0 fully saturated rings. The van der Waals surface area contributed by atoms with E-state index < -0.39 is 6.10 Å². The molecule has 1 N–H and O–H groups in total. The number of methoxy groups -OCH3 is 1. The molecular weight excluding hydrogens is 248 g/mol. The standard InChI is InChI=1S/C15H23ClO2/c1-4-6-7-11(5-2)15(17)13-9-8-12(18-3)10-14(13)16/h8-11,15,17H,4-7H2,1-3H3. The van der Waals surface area contributed by atoms with Gasteiger partial charge in [-0.15, -0.1) is 0 Å². The van der Waals surface area contributed by atoms with E-state index >= 15 is 0 Å². The minimum Gasteiger partial charge on any atom is -0.497 e. The smallest absolute Gasteiger partial charge is 0.120 e. The Kier molecular flexibility index (Phi) is 6.51.